The fourth-order valence-corrected chi connectivity index (χ4v) is 3.20. The Morgan fingerprint density at radius 3 is 2.56 bits per heavy atom. The lowest BCUT2D eigenvalue weighted by molar-refractivity contribution is 0.171. The van der Waals surface area contributed by atoms with Crippen molar-refractivity contribution >= 4 is 16.6 Å². The molecule has 1 aliphatic rings. The molecule has 0 amide bonds. The molecule has 0 spiro atoms. The monoisotopic (exact) mass is 364 g/mol. The van der Waals surface area contributed by atoms with Crippen LogP contribution in [0.2, 0.25) is 0 Å². The second-order valence-corrected chi connectivity index (χ2v) is 7.89. The highest BCUT2D eigenvalue weighted by molar-refractivity contribution is 5.80. The zero-order valence-electron chi connectivity index (χ0n) is 15.9. The van der Waals surface area contributed by atoms with Crippen LogP contribution in [-0.4, -0.2) is 18.2 Å². The molecule has 0 atom stereocenters. The number of hydrogen-bond donors (Lipinski definition) is 2. The molecule has 3 aromatic rings. The maximum absolute atomic E-state index is 12.4. The third-order valence-corrected chi connectivity index (χ3v) is 4.81. The van der Waals surface area contributed by atoms with Crippen molar-refractivity contribution < 1.29 is 9.47 Å². The maximum atomic E-state index is 12.4. The SMILES string of the molecule is CC(C)(C)c1ccc2[nH]c(=O)c(CNc3ccc4c(c3)OCCO4)cc2c1. The predicted molar refractivity (Wildman–Crippen MR) is 108 cm³/mol. The van der Waals surface area contributed by atoms with Gasteiger partial charge in [-0.25, -0.2) is 0 Å². The average Bonchev–Trinajstić information content (AvgIpc) is 2.65. The Hall–Kier alpha value is -2.95. The fraction of sp³-hybridized carbons (Fsp3) is 0.318. The number of H-pyrrole nitrogens is 1. The van der Waals surface area contributed by atoms with Gasteiger partial charge in [-0.3, -0.25) is 4.79 Å². The van der Waals surface area contributed by atoms with Gasteiger partial charge in [0.05, 0.1) is 0 Å². The Morgan fingerprint density at radius 2 is 1.78 bits per heavy atom. The second kappa shape index (κ2) is 6.65. The van der Waals surface area contributed by atoms with Crippen LogP contribution in [0.3, 0.4) is 0 Å². The van der Waals surface area contributed by atoms with Crippen LogP contribution in [-0.2, 0) is 12.0 Å². The Morgan fingerprint density at radius 1 is 1.00 bits per heavy atom. The number of pyridine rings is 1. The highest BCUT2D eigenvalue weighted by Gasteiger charge is 2.15. The lowest BCUT2D eigenvalue weighted by Gasteiger charge is -2.20. The van der Waals surface area contributed by atoms with E-state index in [9.17, 15) is 4.79 Å². The average molecular weight is 364 g/mol. The van der Waals surface area contributed by atoms with Crippen molar-refractivity contribution in [3.8, 4) is 11.5 Å². The third kappa shape index (κ3) is 3.63. The zero-order chi connectivity index (χ0) is 19.0. The van der Waals surface area contributed by atoms with Gasteiger partial charge in [-0.15, -0.1) is 0 Å². The van der Waals surface area contributed by atoms with Crippen LogP contribution in [0.4, 0.5) is 5.69 Å². The number of rotatable bonds is 3. The standard InChI is InChI=1S/C22H24N2O3/c1-22(2,3)16-4-6-18-14(11-16)10-15(21(25)24-18)13-23-17-5-7-19-20(12-17)27-9-8-26-19/h4-7,10-12,23H,8-9,13H2,1-3H3,(H,24,25). The van der Waals surface area contributed by atoms with Gasteiger partial charge in [0.2, 0.25) is 0 Å². The van der Waals surface area contributed by atoms with Gasteiger partial charge in [-0.05, 0) is 46.7 Å². The number of nitrogens with one attached hydrogen (secondary N) is 2. The van der Waals surface area contributed by atoms with Gasteiger partial charge in [0, 0.05) is 29.4 Å². The summed E-state index contributed by atoms with van der Waals surface area (Å²) >= 11 is 0. The molecule has 27 heavy (non-hydrogen) atoms. The van der Waals surface area contributed by atoms with E-state index in [2.05, 4.69) is 43.2 Å². The molecule has 0 radical (unpaired) electrons. The fourth-order valence-electron chi connectivity index (χ4n) is 3.20. The van der Waals surface area contributed by atoms with E-state index in [1.54, 1.807) is 0 Å². The van der Waals surface area contributed by atoms with Crippen LogP contribution in [0.5, 0.6) is 11.5 Å². The molecule has 0 saturated heterocycles. The molecular formula is C22H24N2O3. The molecule has 0 fully saturated rings. The first-order chi connectivity index (χ1) is 12.9. The summed E-state index contributed by atoms with van der Waals surface area (Å²) < 4.78 is 11.1. The van der Waals surface area contributed by atoms with E-state index in [4.69, 9.17) is 9.47 Å². The third-order valence-electron chi connectivity index (χ3n) is 4.81. The van der Waals surface area contributed by atoms with Crippen LogP contribution >= 0.6 is 0 Å². The van der Waals surface area contributed by atoms with Crippen LogP contribution in [0, 0.1) is 0 Å². The van der Waals surface area contributed by atoms with Gasteiger partial charge in [0.25, 0.3) is 5.56 Å². The molecule has 5 nitrogen and oxygen atoms in total. The molecule has 1 aromatic heterocycles. The molecule has 0 bridgehead atoms. The van der Waals surface area contributed by atoms with Gasteiger partial charge in [0.1, 0.15) is 13.2 Å². The second-order valence-electron chi connectivity index (χ2n) is 7.89. The van der Waals surface area contributed by atoms with E-state index < -0.39 is 0 Å². The molecule has 2 N–H and O–H groups in total. The van der Waals surface area contributed by atoms with Crippen LogP contribution in [0.25, 0.3) is 10.9 Å². The van der Waals surface area contributed by atoms with Crippen LogP contribution < -0.4 is 20.3 Å². The summed E-state index contributed by atoms with van der Waals surface area (Å²) in [6.45, 7) is 8.11. The quantitative estimate of drug-likeness (QED) is 0.731. The smallest absolute Gasteiger partial charge is 0.253 e. The summed E-state index contributed by atoms with van der Waals surface area (Å²) in [5.74, 6) is 1.48. The molecule has 4 rings (SSSR count). The van der Waals surface area contributed by atoms with Gasteiger partial charge < -0.3 is 19.8 Å². The van der Waals surface area contributed by atoms with Crippen LogP contribution in [0.1, 0.15) is 31.9 Å². The molecule has 0 aliphatic carbocycles. The first-order valence-electron chi connectivity index (χ1n) is 9.20. The van der Waals surface area contributed by atoms with Crippen LogP contribution in [0.15, 0.2) is 47.3 Å². The van der Waals surface area contributed by atoms with Crippen molar-refractivity contribution in [1.82, 2.24) is 4.98 Å². The van der Waals surface area contributed by atoms with Gasteiger partial charge >= 0.3 is 0 Å². The predicted octanol–water partition coefficient (Wildman–Crippen LogP) is 4.21. The number of aromatic amines is 1. The van der Waals surface area contributed by atoms with E-state index in [1.165, 1.54) is 5.56 Å². The van der Waals surface area contributed by atoms with Gasteiger partial charge in [-0.2, -0.15) is 0 Å². The molecule has 2 heterocycles. The van der Waals surface area contributed by atoms with Crippen molar-refractivity contribution in [3.05, 3.63) is 63.9 Å². The first kappa shape index (κ1) is 17.5. The molecule has 2 aromatic carbocycles. The Kier molecular flexibility index (Phi) is 4.30. The van der Waals surface area contributed by atoms with E-state index in [0.29, 0.717) is 25.3 Å². The van der Waals surface area contributed by atoms with Crippen molar-refractivity contribution in [2.24, 2.45) is 0 Å². The van der Waals surface area contributed by atoms with E-state index in [0.717, 1.165) is 28.1 Å². The number of fused-ring (bicyclic) bond motifs is 2. The summed E-state index contributed by atoms with van der Waals surface area (Å²) in [7, 11) is 0. The normalized spacial score (nSPS) is 13.6. The number of anilines is 1. The Balaban J connectivity index is 1.59. The molecule has 5 heteroatoms. The summed E-state index contributed by atoms with van der Waals surface area (Å²) in [4.78, 5) is 15.4. The van der Waals surface area contributed by atoms with E-state index in [-0.39, 0.29) is 11.0 Å². The highest BCUT2D eigenvalue weighted by atomic mass is 16.6. The van der Waals surface area contributed by atoms with Crippen molar-refractivity contribution in [3.63, 3.8) is 0 Å². The van der Waals surface area contributed by atoms with Crippen molar-refractivity contribution in [1.29, 1.82) is 0 Å². The van der Waals surface area contributed by atoms with E-state index in [1.807, 2.05) is 30.3 Å². The maximum Gasteiger partial charge on any atom is 0.253 e. The van der Waals surface area contributed by atoms with Crippen molar-refractivity contribution in [2.45, 2.75) is 32.7 Å². The largest absolute Gasteiger partial charge is 0.486 e. The topological polar surface area (TPSA) is 63.4 Å². The number of aromatic nitrogens is 1. The van der Waals surface area contributed by atoms with Gasteiger partial charge in [0.15, 0.2) is 11.5 Å². The highest BCUT2D eigenvalue weighted by Crippen LogP contribution is 2.32. The minimum Gasteiger partial charge on any atom is -0.486 e. The number of hydrogen-bond acceptors (Lipinski definition) is 4. The summed E-state index contributed by atoms with van der Waals surface area (Å²) in [6.07, 6.45) is 0. The lowest BCUT2D eigenvalue weighted by Crippen LogP contribution is -2.17. The molecule has 140 valence electrons. The summed E-state index contributed by atoms with van der Waals surface area (Å²) in [6, 6.07) is 13.9. The number of benzene rings is 2. The summed E-state index contributed by atoms with van der Waals surface area (Å²) in [5.41, 5.74) is 3.68. The molecule has 0 saturated carbocycles. The molecular weight excluding hydrogens is 340 g/mol. The van der Waals surface area contributed by atoms with E-state index >= 15 is 0 Å². The number of ether oxygens (including phenoxy) is 2. The molecule has 1 aliphatic heterocycles. The minimum absolute atomic E-state index is 0.0634. The lowest BCUT2D eigenvalue weighted by atomic mass is 9.86. The molecule has 0 unspecified atom stereocenters. The Bertz CT molecular complexity index is 1050. The zero-order valence-corrected chi connectivity index (χ0v) is 15.9. The van der Waals surface area contributed by atoms with Crippen molar-refractivity contribution in [2.75, 3.05) is 18.5 Å². The first-order valence-corrected chi connectivity index (χ1v) is 9.20. The minimum atomic E-state index is -0.0731. The Labute approximate surface area is 158 Å². The van der Waals surface area contributed by atoms with Gasteiger partial charge in [-0.1, -0.05) is 26.8 Å². The summed E-state index contributed by atoms with van der Waals surface area (Å²) in [5, 5.41) is 4.35.